The van der Waals surface area contributed by atoms with E-state index < -0.39 is 0 Å². The summed E-state index contributed by atoms with van der Waals surface area (Å²) in [5.41, 5.74) is 1.42. The van der Waals surface area contributed by atoms with Crippen molar-refractivity contribution in [3.63, 3.8) is 0 Å². The molecule has 1 N–H and O–H groups in total. The van der Waals surface area contributed by atoms with E-state index in [4.69, 9.17) is 0 Å². The van der Waals surface area contributed by atoms with E-state index in [9.17, 15) is 0 Å². The Morgan fingerprint density at radius 1 is 1.29 bits per heavy atom. The number of rotatable bonds is 4. The molecule has 17 heavy (non-hydrogen) atoms. The van der Waals surface area contributed by atoms with Gasteiger partial charge in [-0.1, -0.05) is 37.3 Å². The SMILES string of the molecule is CCN(Cc1ccccc1)C1CCCNC1C. The van der Waals surface area contributed by atoms with Crippen LogP contribution in [0.15, 0.2) is 30.3 Å². The highest BCUT2D eigenvalue weighted by atomic mass is 15.2. The van der Waals surface area contributed by atoms with Crippen LogP contribution in [0.3, 0.4) is 0 Å². The van der Waals surface area contributed by atoms with Crippen molar-refractivity contribution in [3.8, 4) is 0 Å². The van der Waals surface area contributed by atoms with Crippen LogP contribution in [0.25, 0.3) is 0 Å². The fourth-order valence-corrected chi connectivity index (χ4v) is 2.81. The first-order valence-corrected chi connectivity index (χ1v) is 6.82. The van der Waals surface area contributed by atoms with E-state index in [1.165, 1.54) is 24.9 Å². The average Bonchev–Trinajstić information content (AvgIpc) is 2.38. The lowest BCUT2D eigenvalue weighted by molar-refractivity contribution is 0.133. The molecular weight excluding hydrogens is 208 g/mol. The minimum atomic E-state index is 0.618. The van der Waals surface area contributed by atoms with Gasteiger partial charge in [0.25, 0.3) is 0 Å². The van der Waals surface area contributed by atoms with E-state index in [1.807, 2.05) is 0 Å². The number of likely N-dealkylation sites (N-methyl/N-ethyl adjacent to an activating group) is 1. The van der Waals surface area contributed by atoms with E-state index in [0.29, 0.717) is 12.1 Å². The van der Waals surface area contributed by atoms with Gasteiger partial charge >= 0.3 is 0 Å². The lowest BCUT2D eigenvalue weighted by Crippen LogP contribution is -2.51. The Hall–Kier alpha value is -0.860. The van der Waals surface area contributed by atoms with Crippen molar-refractivity contribution in [2.75, 3.05) is 13.1 Å². The van der Waals surface area contributed by atoms with Gasteiger partial charge in [0.1, 0.15) is 0 Å². The number of benzene rings is 1. The minimum Gasteiger partial charge on any atom is -0.313 e. The quantitative estimate of drug-likeness (QED) is 0.858. The summed E-state index contributed by atoms with van der Waals surface area (Å²) >= 11 is 0. The van der Waals surface area contributed by atoms with Crippen molar-refractivity contribution >= 4 is 0 Å². The summed E-state index contributed by atoms with van der Waals surface area (Å²) in [4.78, 5) is 2.60. The molecule has 1 saturated heterocycles. The predicted octanol–water partition coefficient (Wildman–Crippen LogP) is 2.65. The maximum absolute atomic E-state index is 3.59. The summed E-state index contributed by atoms with van der Waals surface area (Å²) in [5.74, 6) is 0. The van der Waals surface area contributed by atoms with Gasteiger partial charge in [-0.3, -0.25) is 4.90 Å². The summed E-state index contributed by atoms with van der Waals surface area (Å²) in [7, 11) is 0. The van der Waals surface area contributed by atoms with E-state index in [1.54, 1.807) is 0 Å². The molecule has 0 amide bonds. The standard InChI is InChI=1S/C15H24N2/c1-3-17(12-14-8-5-4-6-9-14)15-10-7-11-16-13(15)2/h4-6,8-9,13,15-16H,3,7,10-12H2,1-2H3. The topological polar surface area (TPSA) is 15.3 Å². The maximum Gasteiger partial charge on any atom is 0.0250 e. The van der Waals surface area contributed by atoms with Gasteiger partial charge in [-0.2, -0.15) is 0 Å². The molecule has 0 spiro atoms. The Balaban J connectivity index is 2.00. The van der Waals surface area contributed by atoms with E-state index >= 15 is 0 Å². The van der Waals surface area contributed by atoms with Gasteiger partial charge in [-0.05, 0) is 38.4 Å². The lowest BCUT2D eigenvalue weighted by atomic mass is 9.97. The molecule has 1 heterocycles. The first-order valence-electron chi connectivity index (χ1n) is 6.82. The highest BCUT2D eigenvalue weighted by Crippen LogP contribution is 2.18. The van der Waals surface area contributed by atoms with Crippen molar-refractivity contribution < 1.29 is 0 Å². The van der Waals surface area contributed by atoms with Crippen LogP contribution in [0.5, 0.6) is 0 Å². The van der Waals surface area contributed by atoms with Crippen LogP contribution in [0, 0.1) is 0 Å². The molecule has 94 valence electrons. The third kappa shape index (κ3) is 3.30. The molecule has 1 aliphatic heterocycles. The van der Waals surface area contributed by atoms with Gasteiger partial charge in [-0.25, -0.2) is 0 Å². The largest absolute Gasteiger partial charge is 0.313 e. The fourth-order valence-electron chi connectivity index (χ4n) is 2.81. The van der Waals surface area contributed by atoms with Crippen molar-refractivity contribution in [3.05, 3.63) is 35.9 Å². The van der Waals surface area contributed by atoms with Crippen molar-refractivity contribution in [2.24, 2.45) is 0 Å². The second-order valence-corrected chi connectivity index (χ2v) is 5.00. The Bertz CT molecular complexity index is 323. The summed E-state index contributed by atoms with van der Waals surface area (Å²) in [6.45, 7) is 7.97. The third-order valence-electron chi connectivity index (χ3n) is 3.82. The van der Waals surface area contributed by atoms with Gasteiger partial charge in [0.15, 0.2) is 0 Å². The van der Waals surface area contributed by atoms with E-state index in [0.717, 1.165) is 13.1 Å². The monoisotopic (exact) mass is 232 g/mol. The first-order chi connectivity index (χ1) is 8.31. The summed E-state index contributed by atoms with van der Waals surface area (Å²) in [6.07, 6.45) is 2.63. The summed E-state index contributed by atoms with van der Waals surface area (Å²) in [5, 5.41) is 3.59. The van der Waals surface area contributed by atoms with Crippen LogP contribution in [0.2, 0.25) is 0 Å². The van der Waals surface area contributed by atoms with Gasteiger partial charge in [0, 0.05) is 18.6 Å². The normalized spacial score (nSPS) is 25.1. The van der Waals surface area contributed by atoms with Crippen molar-refractivity contribution in [1.29, 1.82) is 0 Å². The van der Waals surface area contributed by atoms with Crippen LogP contribution in [-0.4, -0.2) is 30.1 Å². The Kier molecular flexibility index (Phi) is 4.57. The molecule has 0 saturated carbocycles. The number of hydrogen-bond acceptors (Lipinski definition) is 2. The van der Waals surface area contributed by atoms with Gasteiger partial charge in [0.05, 0.1) is 0 Å². The number of piperidine rings is 1. The van der Waals surface area contributed by atoms with Crippen molar-refractivity contribution in [1.82, 2.24) is 10.2 Å². The minimum absolute atomic E-state index is 0.618. The maximum atomic E-state index is 3.59. The molecule has 0 bridgehead atoms. The Labute approximate surface area is 105 Å². The predicted molar refractivity (Wildman–Crippen MR) is 73.0 cm³/mol. The molecule has 1 aromatic carbocycles. The van der Waals surface area contributed by atoms with Gasteiger partial charge < -0.3 is 5.32 Å². The Morgan fingerprint density at radius 2 is 2.06 bits per heavy atom. The molecule has 1 fully saturated rings. The molecule has 1 aromatic rings. The summed E-state index contributed by atoms with van der Waals surface area (Å²) < 4.78 is 0. The van der Waals surface area contributed by atoms with Gasteiger partial charge in [0.2, 0.25) is 0 Å². The van der Waals surface area contributed by atoms with Crippen LogP contribution in [0.1, 0.15) is 32.3 Å². The molecule has 2 heteroatoms. The molecule has 0 aromatic heterocycles. The third-order valence-corrected chi connectivity index (χ3v) is 3.82. The van der Waals surface area contributed by atoms with Crippen LogP contribution in [-0.2, 0) is 6.54 Å². The smallest absolute Gasteiger partial charge is 0.0250 e. The fraction of sp³-hybridized carbons (Fsp3) is 0.600. The molecule has 2 rings (SSSR count). The highest BCUT2D eigenvalue weighted by molar-refractivity contribution is 5.14. The zero-order valence-corrected chi connectivity index (χ0v) is 11.0. The molecular formula is C15H24N2. The van der Waals surface area contributed by atoms with Crippen LogP contribution >= 0.6 is 0 Å². The van der Waals surface area contributed by atoms with Crippen LogP contribution in [0.4, 0.5) is 0 Å². The van der Waals surface area contributed by atoms with Gasteiger partial charge in [-0.15, -0.1) is 0 Å². The van der Waals surface area contributed by atoms with Crippen LogP contribution < -0.4 is 5.32 Å². The molecule has 0 radical (unpaired) electrons. The molecule has 0 aliphatic carbocycles. The zero-order chi connectivity index (χ0) is 12.1. The number of nitrogens with zero attached hydrogens (tertiary/aromatic N) is 1. The number of hydrogen-bond donors (Lipinski definition) is 1. The molecule has 2 atom stereocenters. The molecule has 2 unspecified atom stereocenters. The molecule has 1 aliphatic rings. The summed E-state index contributed by atoms with van der Waals surface area (Å²) in [6, 6.07) is 12.1. The second kappa shape index (κ2) is 6.18. The Morgan fingerprint density at radius 3 is 2.71 bits per heavy atom. The zero-order valence-electron chi connectivity index (χ0n) is 11.0. The second-order valence-electron chi connectivity index (χ2n) is 5.00. The van der Waals surface area contributed by atoms with Crippen molar-refractivity contribution in [2.45, 2.75) is 45.3 Å². The average molecular weight is 232 g/mol. The van der Waals surface area contributed by atoms with E-state index in [2.05, 4.69) is 54.4 Å². The first kappa shape index (κ1) is 12.6. The number of nitrogens with one attached hydrogen (secondary N) is 1. The lowest BCUT2D eigenvalue weighted by Gasteiger charge is -2.38. The molecule has 2 nitrogen and oxygen atoms in total. The highest BCUT2D eigenvalue weighted by Gasteiger charge is 2.25. The van der Waals surface area contributed by atoms with E-state index in [-0.39, 0.29) is 0 Å².